The quantitative estimate of drug-likeness (QED) is 0.756. The number of nitrogens with one attached hydrogen (secondary N) is 1. The Balaban J connectivity index is 2.00. The fourth-order valence-electron chi connectivity index (χ4n) is 2.19. The van der Waals surface area contributed by atoms with Gasteiger partial charge in [0.05, 0.1) is 6.10 Å². The number of amides is 2. The minimum Gasteiger partial charge on any atom is -0.391 e. The average molecular weight is 280 g/mol. The summed E-state index contributed by atoms with van der Waals surface area (Å²) in [5, 5.41) is 11.9. The van der Waals surface area contributed by atoms with Crippen LogP contribution in [-0.2, 0) is 9.59 Å². The van der Waals surface area contributed by atoms with Gasteiger partial charge in [0.15, 0.2) is 0 Å². The van der Waals surface area contributed by atoms with E-state index in [1.54, 1.807) is 6.92 Å². The topological polar surface area (TPSA) is 69.6 Å². The monoisotopic (exact) mass is 280 g/mol. The van der Waals surface area contributed by atoms with Crippen molar-refractivity contribution in [3.05, 3.63) is 29.6 Å². The van der Waals surface area contributed by atoms with Crippen molar-refractivity contribution >= 4 is 17.5 Å². The van der Waals surface area contributed by atoms with Crippen molar-refractivity contribution in [1.29, 1.82) is 0 Å². The normalized spacial score (nSPS) is 18.8. The maximum Gasteiger partial charge on any atom is 0.313 e. The Hall–Kier alpha value is -1.95. The highest BCUT2D eigenvalue weighted by atomic mass is 19.1. The van der Waals surface area contributed by atoms with Gasteiger partial charge in [-0.15, -0.1) is 0 Å². The van der Waals surface area contributed by atoms with Gasteiger partial charge in [0.25, 0.3) is 0 Å². The number of anilines is 1. The molecule has 1 saturated heterocycles. The van der Waals surface area contributed by atoms with Crippen molar-refractivity contribution < 1.29 is 19.1 Å². The first-order valence-corrected chi connectivity index (χ1v) is 6.52. The fourth-order valence-corrected chi connectivity index (χ4v) is 2.19. The molecule has 2 N–H and O–H groups in total. The van der Waals surface area contributed by atoms with Crippen LogP contribution in [0.3, 0.4) is 0 Å². The Kier molecular flexibility index (Phi) is 4.34. The predicted octanol–water partition coefficient (Wildman–Crippen LogP) is 1.06. The zero-order valence-electron chi connectivity index (χ0n) is 11.2. The third-order valence-electron chi connectivity index (χ3n) is 3.29. The predicted molar refractivity (Wildman–Crippen MR) is 71.6 cm³/mol. The highest BCUT2D eigenvalue weighted by molar-refractivity contribution is 6.39. The van der Waals surface area contributed by atoms with Gasteiger partial charge in [-0.05, 0) is 43.5 Å². The van der Waals surface area contributed by atoms with Crippen LogP contribution < -0.4 is 5.32 Å². The third-order valence-corrected chi connectivity index (χ3v) is 3.29. The number of aliphatic hydroxyl groups excluding tert-OH is 1. The van der Waals surface area contributed by atoms with E-state index in [0.717, 1.165) is 0 Å². The Bertz CT molecular complexity index is 533. The number of benzene rings is 1. The molecule has 1 aromatic carbocycles. The van der Waals surface area contributed by atoms with E-state index in [0.29, 0.717) is 30.6 Å². The van der Waals surface area contributed by atoms with Crippen molar-refractivity contribution in [2.24, 2.45) is 0 Å². The van der Waals surface area contributed by atoms with Gasteiger partial charge >= 0.3 is 11.8 Å². The highest BCUT2D eigenvalue weighted by Crippen LogP contribution is 2.15. The number of carbonyl (C=O) groups excluding carboxylic acids is 2. The van der Waals surface area contributed by atoms with Gasteiger partial charge in [0.1, 0.15) is 5.82 Å². The summed E-state index contributed by atoms with van der Waals surface area (Å²) in [5.41, 5.74) is 0.767. The summed E-state index contributed by atoms with van der Waals surface area (Å²) in [6.45, 7) is 2.22. The number of carbonyl (C=O) groups is 2. The summed E-state index contributed by atoms with van der Waals surface area (Å²) in [6, 6.07) is 4.10. The summed E-state index contributed by atoms with van der Waals surface area (Å²) in [4.78, 5) is 25.1. The van der Waals surface area contributed by atoms with Crippen LogP contribution in [0, 0.1) is 12.7 Å². The summed E-state index contributed by atoms with van der Waals surface area (Å²) < 4.78 is 13.1. The van der Waals surface area contributed by atoms with Gasteiger partial charge in [0, 0.05) is 18.8 Å². The lowest BCUT2D eigenvalue weighted by Crippen LogP contribution is -2.46. The average Bonchev–Trinajstić information content (AvgIpc) is 2.42. The lowest BCUT2D eigenvalue weighted by atomic mass is 10.1. The standard InChI is InChI=1S/C14H17FN2O3/c1-9-7-10(4-5-12(9)15)16-13(19)14(20)17-6-2-3-11(18)8-17/h4-5,7,11,18H,2-3,6,8H2,1H3,(H,16,19). The zero-order chi connectivity index (χ0) is 14.7. The molecule has 1 fully saturated rings. The lowest BCUT2D eigenvalue weighted by Gasteiger charge is -2.29. The number of halogens is 1. The summed E-state index contributed by atoms with van der Waals surface area (Å²) >= 11 is 0. The van der Waals surface area contributed by atoms with E-state index in [2.05, 4.69) is 5.32 Å². The second kappa shape index (κ2) is 6.00. The maximum atomic E-state index is 13.1. The van der Waals surface area contributed by atoms with Crippen LogP contribution in [-0.4, -0.2) is 41.0 Å². The van der Waals surface area contributed by atoms with Crippen LogP contribution in [0.2, 0.25) is 0 Å². The van der Waals surface area contributed by atoms with Crippen molar-refractivity contribution in [2.75, 3.05) is 18.4 Å². The molecule has 1 atom stereocenters. The molecule has 0 aromatic heterocycles. The largest absolute Gasteiger partial charge is 0.391 e. The van der Waals surface area contributed by atoms with Crippen LogP contribution >= 0.6 is 0 Å². The van der Waals surface area contributed by atoms with Gasteiger partial charge in [-0.3, -0.25) is 9.59 Å². The molecule has 1 unspecified atom stereocenters. The van der Waals surface area contributed by atoms with E-state index < -0.39 is 17.9 Å². The first kappa shape index (κ1) is 14.5. The molecule has 1 aliphatic rings. The van der Waals surface area contributed by atoms with E-state index >= 15 is 0 Å². The summed E-state index contributed by atoms with van der Waals surface area (Å²) in [6.07, 6.45) is 0.742. The molecule has 0 aliphatic carbocycles. The van der Waals surface area contributed by atoms with Gasteiger partial charge < -0.3 is 15.3 Å². The molecule has 0 spiro atoms. The number of nitrogens with zero attached hydrogens (tertiary/aromatic N) is 1. The van der Waals surface area contributed by atoms with E-state index in [9.17, 15) is 19.1 Å². The summed E-state index contributed by atoms with van der Waals surface area (Å²) in [7, 11) is 0. The minimum atomic E-state index is -0.773. The highest BCUT2D eigenvalue weighted by Gasteiger charge is 2.26. The fraction of sp³-hybridized carbons (Fsp3) is 0.429. The lowest BCUT2D eigenvalue weighted by molar-refractivity contribution is -0.145. The Morgan fingerprint density at radius 3 is 2.85 bits per heavy atom. The van der Waals surface area contributed by atoms with Crippen LogP contribution in [0.15, 0.2) is 18.2 Å². The maximum absolute atomic E-state index is 13.1. The molecule has 0 saturated carbocycles. The molecule has 5 nitrogen and oxygen atoms in total. The van der Waals surface area contributed by atoms with E-state index in [4.69, 9.17) is 0 Å². The van der Waals surface area contributed by atoms with Crippen molar-refractivity contribution in [3.63, 3.8) is 0 Å². The number of aliphatic hydroxyl groups is 1. The smallest absolute Gasteiger partial charge is 0.313 e. The van der Waals surface area contributed by atoms with Crippen molar-refractivity contribution in [1.82, 2.24) is 4.90 Å². The van der Waals surface area contributed by atoms with Crippen molar-refractivity contribution in [3.8, 4) is 0 Å². The van der Waals surface area contributed by atoms with Crippen LogP contribution in [0.25, 0.3) is 0 Å². The van der Waals surface area contributed by atoms with Gasteiger partial charge in [-0.25, -0.2) is 4.39 Å². The number of likely N-dealkylation sites (tertiary alicyclic amines) is 1. The molecule has 1 aromatic rings. The first-order chi connectivity index (χ1) is 9.47. The molecule has 20 heavy (non-hydrogen) atoms. The van der Waals surface area contributed by atoms with Crippen molar-refractivity contribution in [2.45, 2.75) is 25.9 Å². The molecule has 1 heterocycles. The molecule has 0 radical (unpaired) electrons. The number of piperidine rings is 1. The molecule has 1 aliphatic heterocycles. The molecule has 6 heteroatoms. The molecular formula is C14H17FN2O3. The Morgan fingerprint density at radius 1 is 1.45 bits per heavy atom. The number of aryl methyl sites for hydroxylation is 1. The molecule has 108 valence electrons. The summed E-state index contributed by atoms with van der Waals surface area (Å²) in [5.74, 6) is -1.82. The SMILES string of the molecule is Cc1cc(NC(=O)C(=O)N2CCCC(O)C2)ccc1F. The molecule has 2 amide bonds. The first-order valence-electron chi connectivity index (χ1n) is 6.52. The van der Waals surface area contributed by atoms with Gasteiger partial charge in [-0.1, -0.05) is 0 Å². The Labute approximate surface area is 116 Å². The molecule has 2 rings (SSSR count). The second-order valence-electron chi connectivity index (χ2n) is 4.97. The van der Waals surface area contributed by atoms with Gasteiger partial charge in [0.2, 0.25) is 0 Å². The number of rotatable bonds is 1. The third kappa shape index (κ3) is 3.33. The Morgan fingerprint density at radius 2 is 2.20 bits per heavy atom. The zero-order valence-corrected chi connectivity index (χ0v) is 11.2. The van der Waals surface area contributed by atoms with Crippen LogP contribution in [0.5, 0.6) is 0 Å². The van der Waals surface area contributed by atoms with Crippen LogP contribution in [0.1, 0.15) is 18.4 Å². The minimum absolute atomic E-state index is 0.175. The number of hydrogen-bond donors (Lipinski definition) is 2. The second-order valence-corrected chi connectivity index (χ2v) is 4.97. The molecular weight excluding hydrogens is 263 g/mol. The van der Waals surface area contributed by atoms with E-state index in [1.807, 2.05) is 0 Å². The number of β-amino-alcohol motifs (C(OH)–C–C–N with tert-alkyl or cyclic N) is 1. The van der Waals surface area contributed by atoms with Gasteiger partial charge in [-0.2, -0.15) is 0 Å². The van der Waals surface area contributed by atoms with E-state index in [-0.39, 0.29) is 12.4 Å². The number of hydrogen-bond acceptors (Lipinski definition) is 3. The molecule has 0 bridgehead atoms. The van der Waals surface area contributed by atoms with E-state index in [1.165, 1.54) is 23.1 Å². The van der Waals surface area contributed by atoms with Crippen LogP contribution in [0.4, 0.5) is 10.1 Å².